The molecule has 0 saturated carbocycles. The van der Waals surface area contributed by atoms with E-state index in [2.05, 4.69) is 6.58 Å². The minimum atomic E-state index is -0.293. The maximum atomic E-state index is 5.88. The first-order valence-electron chi connectivity index (χ1n) is 5.64. The van der Waals surface area contributed by atoms with Gasteiger partial charge in [-0.3, -0.25) is 0 Å². The minimum Gasteiger partial charge on any atom is -0.400 e. The molecular weight excluding hydrogens is 203 g/mol. The molecule has 4 heteroatoms. The van der Waals surface area contributed by atoms with E-state index in [0.29, 0.717) is 13.2 Å². The van der Waals surface area contributed by atoms with Gasteiger partial charge in [0.25, 0.3) is 0 Å². The molecule has 2 rings (SSSR count). The van der Waals surface area contributed by atoms with Gasteiger partial charge in [-0.25, -0.2) is 0 Å². The van der Waals surface area contributed by atoms with E-state index < -0.39 is 0 Å². The zero-order valence-electron chi connectivity index (χ0n) is 10.5. The van der Waals surface area contributed by atoms with Crippen molar-refractivity contribution in [3.63, 3.8) is 0 Å². The summed E-state index contributed by atoms with van der Waals surface area (Å²) in [5.41, 5.74) is 1.55. The molecule has 0 N–H and O–H groups in total. The van der Waals surface area contributed by atoms with Gasteiger partial charge >= 0.3 is 7.12 Å². The molecule has 2 heterocycles. The highest BCUT2D eigenvalue weighted by atomic mass is 16.7. The van der Waals surface area contributed by atoms with Crippen molar-refractivity contribution >= 4 is 7.12 Å². The fraction of sp³-hybridized carbons (Fsp3) is 0.667. The molecule has 0 spiro atoms. The van der Waals surface area contributed by atoms with Crippen LogP contribution in [0.3, 0.4) is 0 Å². The molecule has 0 aromatic heterocycles. The lowest BCUT2D eigenvalue weighted by Crippen LogP contribution is -2.41. The topological polar surface area (TPSA) is 27.7 Å². The van der Waals surface area contributed by atoms with Crippen molar-refractivity contribution in [3.8, 4) is 0 Å². The van der Waals surface area contributed by atoms with Gasteiger partial charge in [0.2, 0.25) is 0 Å². The average molecular weight is 222 g/mol. The standard InChI is InChI=1S/C12H19BO3/c1-9-7-14-8-10(9)6-13-15-11(2,3)12(4,5)16-13/h6H,1,7-8H2,2-5H3/b10-6+. The zero-order valence-corrected chi connectivity index (χ0v) is 10.5. The molecule has 2 fully saturated rings. The van der Waals surface area contributed by atoms with E-state index >= 15 is 0 Å². The second-order valence-electron chi connectivity index (χ2n) is 5.41. The van der Waals surface area contributed by atoms with E-state index in [-0.39, 0.29) is 18.3 Å². The summed E-state index contributed by atoms with van der Waals surface area (Å²) in [6.07, 6.45) is 0. The third-order valence-corrected chi connectivity index (χ3v) is 3.60. The first-order valence-corrected chi connectivity index (χ1v) is 5.64. The summed E-state index contributed by atoms with van der Waals surface area (Å²) in [5, 5.41) is 0. The molecule has 0 bridgehead atoms. The molecule has 3 nitrogen and oxygen atoms in total. The van der Waals surface area contributed by atoms with Gasteiger partial charge in [-0.2, -0.15) is 0 Å². The Morgan fingerprint density at radius 1 is 1.12 bits per heavy atom. The van der Waals surface area contributed by atoms with E-state index in [0.717, 1.165) is 11.1 Å². The summed E-state index contributed by atoms with van der Waals surface area (Å²) < 4.78 is 17.1. The molecule has 0 aromatic rings. The van der Waals surface area contributed by atoms with Crippen LogP contribution in [-0.2, 0) is 14.0 Å². The van der Waals surface area contributed by atoms with Crippen LogP contribution in [0, 0.1) is 0 Å². The Kier molecular flexibility index (Phi) is 2.77. The van der Waals surface area contributed by atoms with Crippen LogP contribution >= 0.6 is 0 Å². The third kappa shape index (κ3) is 1.97. The van der Waals surface area contributed by atoms with E-state index in [4.69, 9.17) is 14.0 Å². The predicted molar refractivity (Wildman–Crippen MR) is 64.1 cm³/mol. The highest BCUT2D eigenvalue weighted by Gasteiger charge is 2.50. The molecule has 0 unspecified atom stereocenters. The lowest BCUT2D eigenvalue weighted by molar-refractivity contribution is 0.00578. The largest absolute Gasteiger partial charge is 0.487 e. The SMILES string of the molecule is C=C1COC/C1=C\B1OC(C)(C)C(C)(C)O1. The van der Waals surface area contributed by atoms with Crippen LogP contribution in [0.25, 0.3) is 0 Å². The summed E-state index contributed by atoms with van der Waals surface area (Å²) in [5.74, 6) is 1.98. The molecule has 88 valence electrons. The molecule has 2 aliphatic rings. The number of hydrogen-bond donors (Lipinski definition) is 0. The van der Waals surface area contributed by atoms with Crippen LogP contribution in [-0.4, -0.2) is 31.5 Å². The molecule has 2 saturated heterocycles. The second-order valence-corrected chi connectivity index (χ2v) is 5.41. The van der Waals surface area contributed by atoms with Crippen molar-refractivity contribution in [1.29, 1.82) is 0 Å². The summed E-state index contributed by atoms with van der Waals surface area (Å²) in [7, 11) is -0.293. The lowest BCUT2D eigenvalue weighted by Gasteiger charge is -2.32. The van der Waals surface area contributed by atoms with Crippen LogP contribution in [0.2, 0.25) is 0 Å². The Balaban J connectivity index is 2.12. The van der Waals surface area contributed by atoms with Gasteiger partial charge in [0.1, 0.15) is 0 Å². The minimum absolute atomic E-state index is 0.282. The Hall–Kier alpha value is -0.575. The van der Waals surface area contributed by atoms with Crippen LogP contribution in [0.5, 0.6) is 0 Å². The lowest BCUT2D eigenvalue weighted by atomic mass is 9.86. The van der Waals surface area contributed by atoms with Crippen molar-refractivity contribution in [2.75, 3.05) is 13.2 Å². The number of hydrogen-bond acceptors (Lipinski definition) is 3. The molecule has 2 aliphatic heterocycles. The molecule has 0 aliphatic carbocycles. The van der Waals surface area contributed by atoms with Crippen LogP contribution in [0.4, 0.5) is 0 Å². The average Bonchev–Trinajstić information content (AvgIpc) is 2.57. The molecule has 0 radical (unpaired) electrons. The van der Waals surface area contributed by atoms with Crippen molar-refractivity contribution in [2.24, 2.45) is 0 Å². The number of ether oxygens (including phenoxy) is 1. The van der Waals surface area contributed by atoms with Gasteiger partial charge in [0, 0.05) is 0 Å². The van der Waals surface area contributed by atoms with Crippen LogP contribution < -0.4 is 0 Å². The maximum absolute atomic E-state index is 5.88. The smallest absolute Gasteiger partial charge is 0.400 e. The molecular formula is C12H19BO3. The predicted octanol–water partition coefficient (Wildman–Crippen LogP) is 2.13. The van der Waals surface area contributed by atoms with Gasteiger partial charge in [0.15, 0.2) is 0 Å². The highest BCUT2D eigenvalue weighted by Crippen LogP contribution is 2.37. The second kappa shape index (κ2) is 3.72. The first-order chi connectivity index (χ1) is 7.32. The molecule has 16 heavy (non-hydrogen) atoms. The Morgan fingerprint density at radius 3 is 2.12 bits per heavy atom. The molecule has 0 aromatic carbocycles. The van der Waals surface area contributed by atoms with Crippen molar-refractivity contribution < 1.29 is 14.0 Å². The fourth-order valence-electron chi connectivity index (χ4n) is 1.77. The first kappa shape index (κ1) is 11.9. The van der Waals surface area contributed by atoms with Gasteiger partial charge in [-0.15, -0.1) is 0 Å². The Morgan fingerprint density at radius 2 is 1.69 bits per heavy atom. The van der Waals surface area contributed by atoms with E-state index in [1.165, 1.54) is 0 Å². The van der Waals surface area contributed by atoms with E-state index in [1.54, 1.807) is 0 Å². The maximum Gasteiger partial charge on any atom is 0.487 e. The van der Waals surface area contributed by atoms with Crippen molar-refractivity contribution in [3.05, 3.63) is 23.7 Å². The molecule has 0 atom stereocenters. The van der Waals surface area contributed by atoms with E-state index in [1.807, 2.05) is 33.7 Å². The van der Waals surface area contributed by atoms with E-state index in [9.17, 15) is 0 Å². The molecule has 0 amide bonds. The highest BCUT2D eigenvalue weighted by molar-refractivity contribution is 6.52. The van der Waals surface area contributed by atoms with Gasteiger partial charge in [-0.05, 0) is 44.8 Å². The Bertz CT molecular complexity index is 328. The third-order valence-electron chi connectivity index (χ3n) is 3.60. The quantitative estimate of drug-likeness (QED) is 0.636. The van der Waals surface area contributed by atoms with Gasteiger partial charge in [-0.1, -0.05) is 6.58 Å². The van der Waals surface area contributed by atoms with Crippen molar-refractivity contribution in [2.45, 2.75) is 38.9 Å². The van der Waals surface area contributed by atoms with Crippen LogP contribution in [0.1, 0.15) is 27.7 Å². The summed E-state index contributed by atoms with van der Waals surface area (Å²) in [6, 6.07) is 0. The van der Waals surface area contributed by atoms with Gasteiger partial charge < -0.3 is 14.0 Å². The van der Waals surface area contributed by atoms with Crippen LogP contribution in [0.15, 0.2) is 23.7 Å². The summed E-state index contributed by atoms with van der Waals surface area (Å²) in [4.78, 5) is 0. The number of rotatable bonds is 1. The zero-order chi connectivity index (χ0) is 12.0. The Labute approximate surface area is 97.6 Å². The monoisotopic (exact) mass is 222 g/mol. The summed E-state index contributed by atoms with van der Waals surface area (Å²) in [6.45, 7) is 13.4. The normalized spacial score (nSPS) is 30.4. The van der Waals surface area contributed by atoms with Crippen molar-refractivity contribution in [1.82, 2.24) is 0 Å². The van der Waals surface area contributed by atoms with Gasteiger partial charge in [0.05, 0.1) is 24.4 Å². The summed E-state index contributed by atoms with van der Waals surface area (Å²) >= 11 is 0. The fourth-order valence-corrected chi connectivity index (χ4v) is 1.77.